The highest BCUT2D eigenvalue weighted by Crippen LogP contribution is 2.13. The highest BCUT2D eigenvalue weighted by Gasteiger charge is 2.10. The number of carbonyl (C=O) groups excluding carboxylic acids is 1. The molecular weight excluding hydrogens is 207 g/mol. The molecule has 0 heterocycles. The number of hydrogen-bond acceptors (Lipinski definition) is 1. The molecule has 0 N–H and O–H groups in total. The average Bonchev–Trinajstić information content (AvgIpc) is 2.08. The Kier molecular flexibility index (Phi) is 3.76. The van der Waals surface area contributed by atoms with E-state index in [-0.39, 0.29) is 5.78 Å². The van der Waals surface area contributed by atoms with Crippen molar-refractivity contribution in [3.05, 3.63) is 34.9 Å². The summed E-state index contributed by atoms with van der Waals surface area (Å²) in [6, 6.07) is 7.34. The van der Waals surface area contributed by atoms with Crippen LogP contribution in [-0.4, -0.2) is 11.2 Å². The van der Waals surface area contributed by atoms with E-state index < -0.39 is 5.38 Å². The molecule has 0 fully saturated rings. The lowest BCUT2D eigenvalue weighted by atomic mass is 10.1. The first-order chi connectivity index (χ1) is 6.09. The van der Waals surface area contributed by atoms with Crippen LogP contribution in [0.5, 0.6) is 0 Å². The fourth-order valence-corrected chi connectivity index (χ4v) is 1.28. The van der Waals surface area contributed by atoms with Crippen LogP contribution >= 0.6 is 23.2 Å². The van der Waals surface area contributed by atoms with E-state index in [9.17, 15) is 4.79 Å². The van der Waals surface area contributed by atoms with Crippen LogP contribution in [0.2, 0.25) is 5.02 Å². The Labute approximate surface area is 87.7 Å². The van der Waals surface area contributed by atoms with Gasteiger partial charge in [-0.25, -0.2) is 0 Å². The monoisotopic (exact) mass is 216 g/mol. The summed E-state index contributed by atoms with van der Waals surface area (Å²) in [6.07, 6.45) is 0.564. The molecule has 1 unspecified atom stereocenters. The minimum Gasteiger partial charge on any atom is -0.298 e. The molecule has 0 radical (unpaired) electrons. The Bertz CT molecular complexity index is 292. The zero-order chi connectivity index (χ0) is 9.84. The number of rotatable bonds is 3. The van der Waals surface area contributed by atoms with Crippen molar-refractivity contribution in [3.8, 4) is 0 Å². The van der Waals surface area contributed by atoms with Crippen molar-refractivity contribution < 1.29 is 4.79 Å². The minimum atomic E-state index is -0.429. The van der Waals surface area contributed by atoms with Crippen molar-refractivity contribution in [1.29, 1.82) is 0 Å². The molecule has 1 aromatic rings. The molecule has 0 bridgehead atoms. The fraction of sp³-hybridized carbons (Fsp3) is 0.300. The van der Waals surface area contributed by atoms with Crippen LogP contribution in [0.4, 0.5) is 0 Å². The van der Waals surface area contributed by atoms with Gasteiger partial charge in [0.05, 0.1) is 5.38 Å². The Hall–Kier alpha value is -0.530. The van der Waals surface area contributed by atoms with Crippen molar-refractivity contribution >= 4 is 29.0 Å². The van der Waals surface area contributed by atoms with Gasteiger partial charge in [-0.2, -0.15) is 0 Å². The number of ketones is 1. The molecule has 0 aliphatic heterocycles. The van der Waals surface area contributed by atoms with E-state index in [1.54, 1.807) is 12.1 Å². The normalized spacial score (nSPS) is 12.5. The van der Waals surface area contributed by atoms with Crippen LogP contribution in [0.25, 0.3) is 0 Å². The van der Waals surface area contributed by atoms with Gasteiger partial charge in [0, 0.05) is 5.02 Å². The average molecular weight is 217 g/mol. The van der Waals surface area contributed by atoms with Crippen molar-refractivity contribution in [3.63, 3.8) is 0 Å². The van der Waals surface area contributed by atoms with E-state index >= 15 is 0 Å². The van der Waals surface area contributed by atoms with E-state index in [1.165, 1.54) is 6.92 Å². The summed E-state index contributed by atoms with van der Waals surface area (Å²) in [4.78, 5) is 10.9. The fourth-order valence-electron chi connectivity index (χ4n) is 0.971. The summed E-state index contributed by atoms with van der Waals surface area (Å²) >= 11 is 11.5. The molecule has 0 spiro atoms. The predicted molar refractivity (Wildman–Crippen MR) is 55.5 cm³/mol. The van der Waals surface area contributed by atoms with Gasteiger partial charge in [-0.3, -0.25) is 4.79 Å². The van der Waals surface area contributed by atoms with Gasteiger partial charge in [0.15, 0.2) is 0 Å². The Balaban J connectivity index is 2.64. The molecular formula is C10H10Cl2O. The van der Waals surface area contributed by atoms with Crippen molar-refractivity contribution in [2.45, 2.75) is 18.7 Å². The highest BCUT2D eigenvalue weighted by atomic mass is 35.5. The second-order valence-electron chi connectivity index (χ2n) is 2.91. The maximum atomic E-state index is 10.9. The van der Waals surface area contributed by atoms with Crippen LogP contribution in [0, 0.1) is 0 Å². The summed E-state index contributed by atoms with van der Waals surface area (Å²) in [5.74, 6) is -0.00313. The summed E-state index contributed by atoms with van der Waals surface area (Å²) in [6.45, 7) is 1.49. The smallest absolute Gasteiger partial charge is 0.147 e. The summed E-state index contributed by atoms with van der Waals surface area (Å²) in [5.41, 5.74) is 1.03. The molecule has 70 valence electrons. The van der Waals surface area contributed by atoms with E-state index in [0.717, 1.165) is 5.56 Å². The molecule has 1 atom stereocenters. The third kappa shape index (κ3) is 3.37. The second-order valence-corrected chi connectivity index (χ2v) is 3.87. The maximum absolute atomic E-state index is 10.9. The molecule has 1 nitrogen and oxygen atoms in total. The number of halogens is 2. The van der Waals surface area contributed by atoms with Gasteiger partial charge in [0.1, 0.15) is 5.78 Å². The third-order valence-electron chi connectivity index (χ3n) is 1.77. The Morgan fingerprint density at radius 1 is 1.38 bits per heavy atom. The lowest BCUT2D eigenvalue weighted by Gasteiger charge is -2.04. The molecule has 0 saturated carbocycles. The standard InChI is InChI=1S/C10H10Cl2O/c1-7(13)10(12)6-8-2-4-9(11)5-3-8/h2-5,10H,6H2,1H3. The number of carbonyl (C=O) groups is 1. The first-order valence-electron chi connectivity index (χ1n) is 3.98. The van der Waals surface area contributed by atoms with Crippen LogP contribution in [0.3, 0.4) is 0 Å². The van der Waals surface area contributed by atoms with E-state index in [2.05, 4.69) is 0 Å². The van der Waals surface area contributed by atoms with Gasteiger partial charge in [0.25, 0.3) is 0 Å². The van der Waals surface area contributed by atoms with Crippen molar-refractivity contribution in [2.24, 2.45) is 0 Å². The Morgan fingerprint density at radius 3 is 2.38 bits per heavy atom. The molecule has 0 saturated heterocycles. The molecule has 1 aromatic carbocycles. The first-order valence-corrected chi connectivity index (χ1v) is 4.80. The van der Waals surface area contributed by atoms with Crippen molar-refractivity contribution in [1.82, 2.24) is 0 Å². The lowest BCUT2D eigenvalue weighted by Crippen LogP contribution is -2.13. The van der Waals surface area contributed by atoms with Gasteiger partial charge in [0.2, 0.25) is 0 Å². The molecule has 13 heavy (non-hydrogen) atoms. The van der Waals surface area contributed by atoms with Gasteiger partial charge in [-0.1, -0.05) is 23.7 Å². The topological polar surface area (TPSA) is 17.1 Å². The molecule has 0 aliphatic carbocycles. The number of benzene rings is 1. The van der Waals surface area contributed by atoms with E-state index in [4.69, 9.17) is 23.2 Å². The molecule has 1 rings (SSSR count). The molecule has 0 aromatic heterocycles. The number of alkyl halides is 1. The van der Waals surface area contributed by atoms with Gasteiger partial charge < -0.3 is 0 Å². The van der Waals surface area contributed by atoms with Gasteiger partial charge >= 0.3 is 0 Å². The van der Waals surface area contributed by atoms with E-state index in [0.29, 0.717) is 11.4 Å². The van der Waals surface area contributed by atoms with E-state index in [1.807, 2.05) is 12.1 Å². The quantitative estimate of drug-likeness (QED) is 0.711. The zero-order valence-electron chi connectivity index (χ0n) is 7.26. The molecule has 0 amide bonds. The third-order valence-corrected chi connectivity index (χ3v) is 2.48. The van der Waals surface area contributed by atoms with Crippen molar-refractivity contribution in [2.75, 3.05) is 0 Å². The zero-order valence-corrected chi connectivity index (χ0v) is 8.77. The molecule has 3 heteroatoms. The SMILES string of the molecule is CC(=O)C(Cl)Cc1ccc(Cl)cc1. The summed E-state index contributed by atoms with van der Waals surface area (Å²) in [7, 11) is 0. The Morgan fingerprint density at radius 2 is 1.92 bits per heavy atom. The second kappa shape index (κ2) is 4.64. The highest BCUT2D eigenvalue weighted by molar-refractivity contribution is 6.31. The van der Waals surface area contributed by atoms with Crippen LogP contribution in [0.1, 0.15) is 12.5 Å². The summed E-state index contributed by atoms with van der Waals surface area (Å²) in [5, 5.41) is 0.263. The molecule has 0 aliphatic rings. The summed E-state index contributed by atoms with van der Waals surface area (Å²) < 4.78 is 0. The van der Waals surface area contributed by atoms with Crippen LogP contribution in [-0.2, 0) is 11.2 Å². The van der Waals surface area contributed by atoms with Gasteiger partial charge in [-0.05, 0) is 31.0 Å². The lowest BCUT2D eigenvalue weighted by molar-refractivity contribution is -0.116. The number of Topliss-reactive ketones (excluding diaryl/α,β-unsaturated/α-hetero) is 1. The largest absolute Gasteiger partial charge is 0.298 e. The van der Waals surface area contributed by atoms with Gasteiger partial charge in [-0.15, -0.1) is 11.6 Å². The number of hydrogen-bond donors (Lipinski definition) is 0. The first kappa shape index (κ1) is 10.6. The van der Waals surface area contributed by atoms with Crippen LogP contribution in [0.15, 0.2) is 24.3 Å². The van der Waals surface area contributed by atoms with Crippen LogP contribution < -0.4 is 0 Å². The predicted octanol–water partition coefficient (Wildman–Crippen LogP) is 3.08. The minimum absolute atomic E-state index is 0.00313. The maximum Gasteiger partial charge on any atom is 0.147 e.